The van der Waals surface area contributed by atoms with Gasteiger partial charge in [0.25, 0.3) is 0 Å². The van der Waals surface area contributed by atoms with Crippen molar-refractivity contribution in [3.8, 4) is 44.5 Å². The van der Waals surface area contributed by atoms with Gasteiger partial charge in [-0.2, -0.15) is 0 Å². The lowest BCUT2D eigenvalue weighted by Crippen LogP contribution is -2.09. The van der Waals surface area contributed by atoms with Gasteiger partial charge in [0.05, 0.1) is 0 Å². The molecule has 1 aliphatic carbocycles. The maximum Gasteiger partial charge on any atom is 0.0462 e. The summed E-state index contributed by atoms with van der Waals surface area (Å²) in [6.07, 6.45) is 0. The normalized spacial score (nSPS) is 12.2. The summed E-state index contributed by atoms with van der Waals surface area (Å²) in [4.78, 5) is 2.32. The highest BCUT2D eigenvalue weighted by Crippen LogP contribution is 2.49. The number of hydrogen-bond acceptors (Lipinski definition) is 2. The molecule has 2 N–H and O–H groups in total. The van der Waals surface area contributed by atoms with E-state index < -0.39 is 0 Å². The topological polar surface area (TPSA) is 29.3 Å². The summed E-state index contributed by atoms with van der Waals surface area (Å²) in [7, 11) is 0. The Morgan fingerprint density at radius 3 is 1.50 bits per heavy atom. The quantitative estimate of drug-likeness (QED) is 0.218. The summed E-state index contributed by atoms with van der Waals surface area (Å²) < 4.78 is 0. The van der Waals surface area contributed by atoms with Crippen molar-refractivity contribution in [3.05, 3.63) is 163 Å². The molecule has 0 saturated heterocycles. The Kier molecular flexibility index (Phi) is 6.36. The third-order valence-corrected chi connectivity index (χ3v) is 8.89. The molecule has 210 valence electrons. The maximum absolute atomic E-state index is 6.06. The van der Waals surface area contributed by atoms with Crippen LogP contribution < -0.4 is 10.6 Å². The number of rotatable bonds is 6. The van der Waals surface area contributed by atoms with E-state index >= 15 is 0 Å². The first-order valence-electron chi connectivity index (χ1n) is 15.2. The van der Waals surface area contributed by atoms with Crippen LogP contribution in [0.1, 0.15) is 18.5 Å². The fourth-order valence-corrected chi connectivity index (χ4v) is 6.66. The van der Waals surface area contributed by atoms with Crippen LogP contribution in [0.4, 0.5) is 17.1 Å². The Hall–Kier alpha value is -5.44. The smallest absolute Gasteiger partial charge is 0.0462 e. The number of fused-ring (bicyclic) bond motifs is 3. The zero-order valence-corrected chi connectivity index (χ0v) is 24.6. The van der Waals surface area contributed by atoms with Gasteiger partial charge < -0.3 is 10.6 Å². The third kappa shape index (κ3) is 4.40. The van der Waals surface area contributed by atoms with Crippen molar-refractivity contribution >= 4 is 27.8 Å². The van der Waals surface area contributed by atoms with Crippen LogP contribution in [0.2, 0.25) is 0 Å². The number of para-hydroxylation sites is 1. The van der Waals surface area contributed by atoms with Gasteiger partial charge in [0, 0.05) is 23.1 Å². The molecule has 1 aliphatic rings. The van der Waals surface area contributed by atoms with E-state index in [0.717, 1.165) is 22.6 Å². The summed E-state index contributed by atoms with van der Waals surface area (Å²) in [5.41, 5.74) is 20.7. The SMILES string of the molecule is CC(N)c1ccc(-c2ccc(N(c3ccccc3)c3ccc(-c4ccc5c6c(cccc46)-c4ccccc4-5)cc3)cc2)cc1. The second-order valence-electron chi connectivity index (χ2n) is 11.6. The molecule has 44 heavy (non-hydrogen) atoms. The molecule has 0 heterocycles. The summed E-state index contributed by atoms with van der Waals surface area (Å²) in [6, 6.07) is 57.0. The molecule has 7 aromatic carbocycles. The Balaban J connectivity index is 1.16. The van der Waals surface area contributed by atoms with Gasteiger partial charge in [-0.25, -0.2) is 0 Å². The van der Waals surface area contributed by atoms with Gasteiger partial charge in [-0.1, -0.05) is 121 Å². The van der Waals surface area contributed by atoms with Crippen LogP contribution in [0.25, 0.3) is 55.3 Å². The minimum absolute atomic E-state index is 0.0335. The Morgan fingerprint density at radius 1 is 0.409 bits per heavy atom. The number of nitrogens with zero attached hydrogens (tertiary/aromatic N) is 1. The minimum atomic E-state index is 0.0335. The van der Waals surface area contributed by atoms with Crippen LogP contribution in [0, 0.1) is 0 Å². The molecule has 0 amide bonds. The summed E-state index contributed by atoms with van der Waals surface area (Å²) in [6.45, 7) is 2.01. The van der Waals surface area contributed by atoms with E-state index in [1.54, 1.807) is 0 Å². The first kappa shape index (κ1) is 26.2. The molecule has 2 heteroatoms. The van der Waals surface area contributed by atoms with Crippen molar-refractivity contribution in [1.29, 1.82) is 0 Å². The Labute approximate surface area is 258 Å². The van der Waals surface area contributed by atoms with Crippen molar-refractivity contribution in [1.82, 2.24) is 0 Å². The fourth-order valence-electron chi connectivity index (χ4n) is 6.66. The molecule has 0 saturated carbocycles. The molecule has 0 aliphatic heterocycles. The van der Waals surface area contributed by atoms with Gasteiger partial charge in [0.2, 0.25) is 0 Å². The first-order chi connectivity index (χ1) is 21.7. The molecule has 1 unspecified atom stereocenters. The monoisotopic (exact) mass is 564 g/mol. The molecular weight excluding hydrogens is 532 g/mol. The molecule has 2 nitrogen and oxygen atoms in total. The number of anilines is 3. The molecule has 1 atom stereocenters. The number of hydrogen-bond donors (Lipinski definition) is 1. The number of nitrogens with two attached hydrogens (primary N) is 1. The van der Waals surface area contributed by atoms with Gasteiger partial charge in [-0.15, -0.1) is 0 Å². The van der Waals surface area contributed by atoms with Crippen molar-refractivity contribution in [2.45, 2.75) is 13.0 Å². The summed E-state index contributed by atoms with van der Waals surface area (Å²) in [5.74, 6) is 0. The molecule has 8 rings (SSSR count). The van der Waals surface area contributed by atoms with Gasteiger partial charge in [-0.3, -0.25) is 0 Å². The number of benzene rings is 7. The minimum Gasteiger partial charge on any atom is -0.324 e. The van der Waals surface area contributed by atoms with Crippen molar-refractivity contribution < 1.29 is 0 Å². The third-order valence-electron chi connectivity index (χ3n) is 8.89. The molecule has 7 aromatic rings. The van der Waals surface area contributed by atoms with Gasteiger partial charge in [-0.05, 0) is 104 Å². The molecule has 0 spiro atoms. The van der Waals surface area contributed by atoms with E-state index in [4.69, 9.17) is 5.73 Å². The van der Waals surface area contributed by atoms with Gasteiger partial charge in [0.1, 0.15) is 0 Å². The lowest BCUT2D eigenvalue weighted by molar-refractivity contribution is 0.818. The van der Waals surface area contributed by atoms with E-state index in [1.807, 2.05) is 6.92 Å². The summed E-state index contributed by atoms with van der Waals surface area (Å²) >= 11 is 0. The van der Waals surface area contributed by atoms with E-state index in [-0.39, 0.29) is 6.04 Å². The van der Waals surface area contributed by atoms with Crippen LogP contribution >= 0.6 is 0 Å². The standard InChI is InChI=1S/C42H32N2/c1-28(43)29-14-16-30(17-15-29)31-18-22-34(23-19-31)44(33-8-3-2-4-9-33)35-24-20-32(21-25-35)36-26-27-41-38-11-6-5-10-37(38)40-13-7-12-39(36)42(40)41/h2-28H,43H2,1H3. The van der Waals surface area contributed by atoms with Crippen LogP contribution in [0.15, 0.2) is 158 Å². The van der Waals surface area contributed by atoms with E-state index in [9.17, 15) is 0 Å². The van der Waals surface area contributed by atoms with Crippen molar-refractivity contribution in [2.75, 3.05) is 4.90 Å². The molecule has 0 fully saturated rings. The van der Waals surface area contributed by atoms with Crippen LogP contribution in [0.5, 0.6) is 0 Å². The molecule has 0 aromatic heterocycles. The highest BCUT2D eigenvalue weighted by atomic mass is 15.1. The van der Waals surface area contributed by atoms with E-state index in [1.165, 1.54) is 55.3 Å². The Morgan fingerprint density at radius 2 is 0.886 bits per heavy atom. The van der Waals surface area contributed by atoms with E-state index in [0.29, 0.717) is 0 Å². The lowest BCUT2D eigenvalue weighted by Gasteiger charge is -2.26. The van der Waals surface area contributed by atoms with E-state index in [2.05, 4.69) is 163 Å². The van der Waals surface area contributed by atoms with Crippen LogP contribution in [-0.4, -0.2) is 0 Å². The second-order valence-corrected chi connectivity index (χ2v) is 11.6. The highest BCUT2D eigenvalue weighted by Gasteiger charge is 2.22. The van der Waals surface area contributed by atoms with Crippen molar-refractivity contribution in [3.63, 3.8) is 0 Å². The lowest BCUT2D eigenvalue weighted by atomic mass is 9.94. The molecular formula is C42H32N2. The second kappa shape index (κ2) is 10.7. The van der Waals surface area contributed by atoms with Gasteiger partial charge in [0.15, 0.2) is 0 Å². The average Bonchev–Trinajstić information content (AvgIpc) is 3.41. The molecule has 0 bridgehead atoms. The maximum atomic E-state index is 6.06. The summed E-state index contributed by atoms with van der Waals surface area (Å²) in [5, 5.41) is 2.65. The zero-order chi connectivity index (χ0) is 29.6. The average molecular weight is 565 g/mol. The van der Waals surface area contributed by atoms with Crippen molar-refractivity contribution in [2.24, 2.45) is 5.73 Å². The largest absolute Gasteiger partial charge is 0.324 e. The Bertz CT molecular complexity index is 2080. The predicted molar refractivity (Wildman–Crippen MR) is 187 cm³/mol. The first-order valence-corrected chi connectivity index (χ1v) is 15.2. The van der Waals surface area contributed by atoms with Gasteiger partial charge >= 0.3 is 0 Å². The predicted octanol–water partition coefficient (Wildman–Crippen LogP) is 11.3. The van der Waals surface area contributed by atoms with Crippen LogP contribution in [-0.2, 0) is 0 Å². The molecule has 0 radical (unpaired) electrons. The fraction of sp³-hybridized carbons (Fsp3) is 0.0476. The van der Waals surface area contributed by atoms with Crippen LogP contribution in [0.3, 0.4) is 0 Å². The zero-order valence-electron chi connectivity index (χ0n) is 24.6. The highest BCUT2D eigenvalue weighted by molar-refractivity contribution is 6.18.